The summed E-state index contributed by atoms with van der Waals surface area (Å²) in [5.41, 5.74) is 1.01. The van der Waals surface area contributed by atoms with Crippen molar-refractivity contribution in [1.29, 1.82) is 0 Å². The highest BCUT2D eigenvalue weighted by Crippen LogP contribution is 2.27. The van der Waals surface area contributed by atoms with E-state index in [2.05, 4.69) is 5.32 Å². The topological polar surface area (TPSA) is 54.0 Å². The number of carbonyl (C=O) groups is 2. The van der Waals surface area contributed by atoms with Gasteiger partial charge in [0.15, 0.2) is 0 Å². The highest BCUT2D eigenvalue weighted by molar-refractivity contribution is 6.05. The number of fused-ring (bicyclic) bond motifs is 1. The van der Waals surface area contributed by atoms with Crippen LogP contribution in [0.5, 0.6) is 0 Å². The van der Waals surface area contributed by atoms with Gasteiger partial charge in [0.2, 0.25) is 11.8 Å². The summed E-state index contributed by atoms with van der Waals surface area (Å²) in [6.07, 6.45) is 0. The molecule has 2 fully saturated rings. The predicted octanol–water partition coefficient (Wildman–Crippen LogP) is -0.635. The van der Waals surface area contributed by atoms with E-state index in [9.17, 15) is 9.59 Å². The van der Waals surface area contributed by atoms with Gasteiger partial charge in [-0.3, -0.25) is 14.5 Å². The van der Waals surface area contributed by atoms with Gasteiger partial charge in [-0.1, -0.05) is 30.3 Å². The first-order valence-electron chi connectivity index (χ1n) is 5.98. The van der Waals surface area contributed by atoms with Crippen LogP contribution in [-0.4, -0.2) is 29.8 Å². The number of likely N-dealkylation sites (tertiary alicyclic amines) is 1. The van der Waals surface area contributed by atoms with Crippen LogP contribution in [0.15, 0.2) is 30.3 Å². The number of quaternary nitrogens is 1. The maximum Gasteiger partial charge on any atom is 0.239 e. The van der Waals surface area contributed by atoms with Gasteiger partial charge in [0.05, 0.1) is 19.6 Å². The zero-order valence-electron chi connectivity index (χ0n) is 9.50. The summed E-state index contributed by atoms with van der Waals surface area (Å²) < 4.78 is 0. The Morgan fingerprint density at radius 2 is 1.65 bits per heavy atom. The van der Waals surface area contributed by atoms with Crippen LogP contribution in [0.3, 0.4) is 0 Å². The quantitative estimate of drug-likeness (QED) is 0.689. The number of benzene rings is 1. The van der Waals surface area contributed by atoms with Crippen LogP contribution in [-0.2, 0) is 16.1 Å². The molecule has 1 aromatic rings. The molecule has 2 saturated heterocycles. The molecule has 2 amide bonds. The zero-order chi connectivity index (χ0) is 11.8. The van der Waals surface area contributed by atoms with Crippen molar-refractivity contribution >= 4 is 11.8 Å². The second-order valence-corrected chi connectivity index (χ2v) is 4.72. The molecule has 88 valence electrons. The van der Waals surface area contributed by atoms with Crippen LogP contribution < -0.4 is 5.32 Å². The third-order valence-electron chi connectivity index (χ3n) is 3.68. The van der Waals surface area contributed by atoms with Crippen molar-refractivity contribution in [2.45, 2.75) is 6.54 Å². The maximum absolute atomic E-state index is 12.1. The van der Waals surface area contributed by atoms with Crippen LogP contribution in [0, 0.1) is 11.8 Å². The molecular formula is C13H15N2O2+. The highest BCUT2D eigenvalue weighted by atomic mass is 16.2. The maximum atomic E-state index is 12.1. The van der Waals surface area contributed by atoms with Crippen molar-refractivity contribution in [3.63, 3.8) is 0 Å². The van der Waals surface area contributed by atoms with Crippen LogP contribution in [0.1, 0.15) is 5.56 Å². The first kappa shape index (κ1) is 10.5. The molecule has 0 radical (unpaired) electrons. The van der Waals surface area contributed by atoms with Gasteiger partial charge < -0.3 is 5.32 Å². The Kier molecular flexibility index (Phi) is 2.44. The molecule has 0 bridgehead atoms. The van der Waals surface area contributed by atoms with E-state index >= 15 is 0 Å². The number of amides is 2. The van der Waals surface area contributed by atoms with Crippen molar-refractivity contribution in [3.8, 4) is 0 Å². The van der Waals surface area contributed by atoms with E-state index in [0.717, 1.165) is 18.7 Å². The van der Waals surface area contributed by atoms with E-state index < -0.39 is 0 Å². The van der Waals surface area contributed by atoms with Gasteiger partial charge in [-0.05, 0) is 5.56 Å². The molecule has 2 N–H and O–H groups in total. The normalized spacial score (nSPS) is 27.6. The second-order valence-electron chi connectivity index (χ2n) is 4.72. The molecule has 1 aromatic carbocycles. The van der Waals surface area contributed by atoms with E-state index in [1.54, 1.807) is 0 Å². The van der Waals surface area contributed by atoms with Crippen molar-refractivity contribution < 1.29 is 14.9 Å². The molecule has 0 spiro atoms. The van der Waals surface area contributed by atoms with Crippen molar-refractivity contribution in [2.75, 3.05) is 13.1 Å². The molecule has 4 heteroatoms. The Bertz CT molecular complexity index is 436. The smallest absolute Gasteiger partial charge is 0.239 e. The molecule has 2 aliphatic heterocycles. The Balaban J connectivity index is 1.81. The first-order valence-corrected chi connectivity index (χ1v) is 5.98. The number of carbonyl (C=O) groups excluding carboxylic acids is 2. The highest BCUT2D eigenvalue weighted by Gasteiger charge is 2.52. The van der Waals surface area contributed by atoms with E-state index in [-0.39, 0.29) is 23.7 Å². The molecule has 0 aromatic heterocycles. The fourth-order valence-electron chi connectivity index (χ4n) is 2.76. The fraction of sp³-hybridized carbons (Fsp3) is 0.385. The molecule has 0 aliphatic carbocycles. The summed E-state index contributed by atoms with van der Waals surface area (Å²) in [6, 6.07) is 9.67. The standard InChI is InChI=1S/C13H14N2O2/c16-12-10-6-14-7-11(10)13(17)15(12)8-9-4-2-1-3-5-9/h1-5,10-11,14H,6-8H2/p+1/t10-,11-/m0/s1. The molecule has 4 nitrogen and oxygen atoms in total. The Morgan fingerprint density at radius 3 is 2.24 bits per heavy atom. The summed E-state index contributed by atoms with van der Waals surface area (Å²) >= 11 is 0. The van der Waals surface area contributed by atoms with Gasteiger partial charge in [-0.25, -0.2) is 0 Å². The number of rotatable bonds is 2. The number of nitrogens with two attached hydrogens (primary N) is 1. The van der Waals surface area contributed by atoms with Crippen molar-refractivity contribution in [3.05, 3.63) is 35.9 Å². The Morgan fingerprint density at radius 1 is 1.06 bits per heavy atom. The van der Waals surface area contributed by atoms with Gasteiger partial charge >= 0.3 is 0 Å². The van der Waals surface area contributed by atoms with Gasteiger partial charge in [0, 0.05) is 0 Å². The lowest BCUT2D eigenvalue weighted by atomic mass is 10.00. The Hall–Kier alpha value is -1.68. The van der Waals surface area contributed by atoms with E-state index in [1.807, 2.05) is 30.3 Å². The van der Waals surface area contributed by atoms with Crippen molar-refractivity contribution in [1.82, 2.24) is 4.90 Å². The van der Waals surface area contributed by atoms with E-state index in [0.29, 0.717) is 6.54 Å². The SMILES string of the molecule is O=C1[C@H]2C[NH2+]C[C@@H]2C(=O)N1Cc1ccccc1. The zero-order valence-corrected chi connectivity index (χ0v) is 9.50. The second kappa shape index (κ2) is 3.96. The summed E-state index contributed by atoms with van der Waals surface area (Å²) in [5.74, 6) is -0.132. The summed E-state index contributed by atoms with van der Waals surface area (Å²) in [7, 11) is 0. The van der Waals surface area contributed by atoms with E-state index in [4.69, 9.17) is 0 Å². The van der Waals surface area contributed by atoms with Crippen molar-refractivity contribution in [2.24, 2.45) is 11.8 Å². The van der Waals surface area contributed by atoms with Crippen LogP contribution in [0.4, 0.5) is 0 Å². The van der Waals surface area contributed by atoms with Crippen LogP contribution in [0.25, 0.3) is 0 Å². The van der Waals surface area contributed by atoms with Gasteiger partial charge in [-0.2, -0.15) is 0 Å². The minimum absolute atomic E-state index is 0.0117. The predicted molar refractivity (Wildman–Crippen MR) is 60.6 cm³/mol. The minimum Gasteiger partial charge on any atom is -0.345 e. The summed E-state index contributed by atoms with van der Waals surface area (Å²) in [4.78, 5) is 25.6. The number of imide groups is 1. The van der Waals surface area contributed by atoms with Crippen LogP contribution in [0.2, 0.25) is 0 Å². The molecule has 0 saturated carbocycles. The Labute approximate surface area is 99.6 Å². The largest absolute Gasteiger partial charge is 0.345 e. The molecule has 17 heavy (non-hydrogen) atoms. The number of nitrogens with zero attached hydrogens (tertiary/aromatic N) is 1. The molecule has 2 aliphatic rings. The molecule has 0 unspecified atom stereocenters. The van der Waals surface area contributed by atoms with Crippen LogP contribution >= 0.6 is 0 Å². The molecule has 2 heterocycles. The average molecular weight is 231 g/mol. The lowest BCUT2D eigenvalue weighted by molar-refractivity contribution is -0.639. The van der Waals surface area contributed by atoms with E-state index in [1.165, 1.54) is 4.90 Å². The van der Waals surface area contributed by atoms with Gasteiger partial charge in [0.1, 0.15) is 11.8 Å². The first-order chi connectivity index (χ1) is 8.27. The average Bonchev–Trinajstić information content (AvgIpc) is 2.91. The monoisotopic (exact) mass is 231 g/mol. The van der Waals surface area contributed by atoms with Gasteiger partial charge in [0.25, 0.3) is 0 Å². The third-order valence-corrected chi connectivity index (χ3v) is 3.68. The summed E-state index contributed by atoms with van der Waals surface area (Å²) in [6.45, 7) is 1.95. The molecular weight excluding hydrogens is 216 g/mol. The fourth-order valence-corrected chi connectivity index (χ4v) is 2.76. The lowest BCUT2D eigenvalue weighted by Gasteiger charge is -2.15. The third kappa shape index (κ3) is 1.65. The minimum atomic E-state index is -0.0776. The number of hydrogen-bond donors (Lipinski definition) is 1. The molecule has 3 rings (SSSR count). The molecule has 2 atom stereocenters. The lowest BCUT2D eigenvalue weighted by Crippen LogP contribution is -2.82. The van der Waals surface area contributed by atoms with Gasteiger partial charge in [-0.15, -0.1) is 0 Å². The summed E-state index contributed by atoms with van der Waals surface area (Å²) in [5, 5.41) is 2.06. The number of hydrogen-bond acceptors (Lipinski definition) is 2.